The first kappa shape index (κ1) is 13.5. The van der Waals surface area contributed by atoms with E-state index in [1.807, 2.05) is 0 Å². The highest BCUT2D eigenvalue weighted by Gasteiger charge is 2.29. The van der Waals surface area contributed by atoms with E-state index >= 15 is 0 Å². The zero-order chi connectivity index (χ0) is 13.8. The number of anilines is 2. The van der Waals surface area contributed by atoms with Crippen LogP contribution in [0.3, 0.4) is 0 Å². The van der Waals surface area contributed by atoms with E-state index in [9.17, 15) is 9.59 Å². The van der Waals surface area contributed by atoms with Gasteiger partial charge in [0.15, 0.2) is 5.11 Å². The second kappa shape index (κ2) is 5.79. The number of amides is 2. The summed E-state index contributed by atoms with van der Waals surface area (Å²) in [7, 11) is 0. The van der Waals surface area contributed by atoms with Crippen molar-refractivity contribution in [2.45, 2.75) is 19.8 Å². The highest BCUT2D eigenvalue weighted by molar-refractivity contribution is 7.80. The van der Waals surface area contributed by atoms with Crippen LogP contribution in [0.4, 0.5) is 11.4 Å². The molecule has 2 rings (SSSR count). The Labute approximate surface area is 116 Å². The molecule has 1 aliphatic carbocycles. The molecule has 0 saturated heterocycles. The van der Waals surface area contributed by atoms with Crippen LogP contribution in [-0.2, 0) is 9.59 Å². The Morgan fingerprint density at radius 1 is 1.21 bits per heavy atom. The van der Waals surface area contributed by atoms with Crippen molar-refractivity contribution in [3.63, 3.8) is 0 Å². The molecule has 0 aliphatic heterocycles. The summed E-state index contributed by atoms with van der Waals surface area (Å²) >= 11 is 5.06. The topological polar surface area (TPSA) is 70.2 Å². The second-order valence-corrected chi connectivity index (χ2v) is 4.89. The summed E-state index contributed by atoms with van der Waals surface area (Å²) in [5, 5.41) is 8.51. The van der Waals surface area contributed by atoms with E-state index in [1.54, 1.807) is 24.3 Å². The standard InChI is InChI=1S/C13H15N3O2S/c1-8(17)14-10-3-2-4-11(7-10)15-13(19)16-12(18)9-5-6-9/h2-4,7,9H,5-6H2,1H3,(H,14,17)(H2,15,16,18,19). The van der Waals surface area contributed by atoms with Crippen LogP contribution in [0.1, 0.15) is 19.8 Å². The summed E-state index contributed by atoms with van der Waals surface area (Å²) < 4.78 is 0. The van der Waals surface area contributed by atoms with Crippen LogP contribution < -0.4 is 16.0 Å². The van der Waals surface area contributed by atoms with Gasteiger partial charge in [0.2, 0.25) is 11.8 Å². The molecule has 0 aromatic heterocycles. The smallest absolute Gasteiger partial charge is 0.229 e. The van der Waals surface area contributed by atoms with Crippen molar-refractivity contribution in [1.82, 2.24) is 5.32 Å². The third-order valence-corrected chi connectivity index (χ3v) is 2.83. The highest BCUT2D eigenvalue weighted by atomic mass is 32.1. The maximum Gasteiger partial charge on any atom is 0.229 e. The highest BCUT2D eigenvalue weighted by Crippen LogP contribution is 2.28. The van der Waals surface area contributed by atoms with Crippen molar-refractivity contribution < 1.29 is 9.59 Å². The SMILES string of the molecule is CC(=O)Nc1cccc(NC(=S)NC(=O)C2CC2)c1. The van der Waals surface area contributed by atoms with E-state index in [0.717, 1.165) is 12.8 Å². The fourth-order valence-corrected chi connectivity index (χ4v) is 1.82. The fraction of sp³-hybridized carbons (Fsp3) is 0.308. The molecule has 0 bridgehead atoms. The van der Waals surface area contributed by atoms with Gasteiger partial charge in [-0.1, -0.05) is 6.07 Å². The van der Waals surface area contributed by atoms with Crippen molar-refractivity contribution in [3.05, 3.63) is 24.3 Å². The van der Waals surface area contributed by atoms with Crippen molar-refractivity contribution in [3.8, 4) is 0 Å². The van der Waals surface area contributed by atoms with Crippen LogP contribution in [0, 0.1) is 5.92 Å². The Bertz CT molecular complexity index is 526. The van der Waals surface area contributed by atoms with Gasteiger partial charge >= 0.3 is 0 Å². The van der Waals surface area contributed by atoms with Gasteiger partial charge in [0.25, 0.3) is 0 Å². The zero-order valence-electron chi connectivity index (χ0n) is 10.5. The number of hydrogen-bond acceptors (Lipinski definition) is 3. The first-order valence-corrected chi connectivity index (χ1v) is 6.45. The summed E-state index contributed by atoms with van der Waals surface area (Å²) in [6.45, 7) is 1.45. The summed E-state index contributed by atoms with van der Waals surface area (Å²) in [6, 6.07) is 7.12. The molecule has 5 nitrogen and oxygen atoms in total. The summed E-state index contributed by atoms with van der Waals surface area (Å²) in [5.41, 5.74) is 1.39. The number of thiocarbonyl (C=S) groups is 1. The monoisotopic (exact) mass is 277 g/mol. The third-order valence-electron chi connectivity index (χ3n) is 2.63. The van der Waals surface area contributed by atoms with Crippen LogP contribution in [0.25, 0.3) is 0 Å². The second-order valence-electron chi connectivity index (χ2n) is 4.48. The van der Waals surface area contributed by atoms with Gasteiger partial charge in [-0.15, -0.1) is 0 Å². The minimum Gasteiger partial charge on any atom is -0.332 e. The molecule has 6 heteroatoms. The summed E-state index contributed by atoms with van der Waals surface area (Å²) in [5.74, 6) is -0.0530. The van der Waals surface area contributed by atoms with E-state index in [2.05, 4.69) is 16.0 Å². The van der Waals surface area contributed by atoms with E-state index in [1.165, 1.54) is 6.92 Å². The van der Waals surface area contributed by atoms with Gasteiger partial charge in [-0.2, -0.15) is 0 Å². The van der Waals surface area contributed by atoms with Gasteiger partial charge in [-0.05, 0) is 43.3 Å². The average Bonchev–Trinajstić information content (AvgIpc) is 3.11. The molecule has 1 fully saturated rings. The molecule has 0 atom stereocenters. The Morgan fingerprint density at radius 3 is 2.42 bits per heavy atom. The maximum absolute atomic E-state index is 11.5. The molecule has 0 unspecified atom stereocenters. The Hall–Kier alpha value is -1.95. The van der Waals surface area contributed by atoms with Crippen molar-refractivity contribution >= 4 is 40.5 Å². The van der Waals surface area contributed by atoms with Gasteiger partial charge in [0.1, 0.15) is 0 Å². The molecular weight excluding hydrogens is 262 g/mol. The molecule has 0 spiro atoms. The quantitative estimate of drug-likeness (QED) is 0.738. The Morgan fingerprint density at radius 2 is 1.84 bits per heavy atom. The Kier molecular flexibility index (Phi) is 4.11. The Balaban J connectivity index is 1.92. The van der Waals surface area contributed by atoms with Crippen molar-refractivity contribution in [1.29, 1.82) is 0 Å². The first-order chi connectivity index (χ1) is 9.04. The molecule has 1 saturated carbocycles. The number of nitrogens with one attached hydrogen (secondary N) is 3. The maximum atomic E-state index is 11.5. The fourth-order valence-electron chi connectivity index (χ4n) is 1.60. The summed E-state index contributed by atoms with van der Waals surface area (Å²) in [6.07, 6.45) is 1.87. The van der Waals surface area contributed by atoms with E-state index in [-0.39, 0.29) is 22.8 Å². The predicted octanol–water partition coefficient (Wildman–Crippen LogP) is 1.87. The lowest BCUT2D eigenvalue weighted by Gasteiger charge is -2.10. The van der Waals surface area contributed by atoms with Gasteiger partial charge in [-0.3, -0.25) is 9.59 Å². The predicted molar refractivity (Wildman–Crippen MR) is 77.8 cm³/mol. The summed E-state index contributed by atoms with van der Waals surface area (Å²) in [4.78, 5) is 22.5. The molecule has 0 heterocycles. The average molecular weight is 277 g/mol. The lowest BCUT2D eigenvalue weighted by molar-refractivity contribution is -0.120. The number of rotatable bonds is 3. The lowest BCUT2D eigenvalue weighted by atomic mass is 10.3. The minimum absolute atomic E-state index is 0.0319. The molecule has 1 aromatic rings. The van der Waals surface area contributed by atoms with E-state index in [0.29, 0.717) is 11.4 Å². The van der Waals surface area contributed by atoms with Crippen molar-refractivity contribution in [2.24, 2.45) is 5.92 Å². The van der Waals surface area contributed by atoms with Crippen LogP contribution in [-0.4, -0.2) is 16.9 Å². The molecule has 2 amide bonds. The van der Waals surface area contributed by atoms with Crippen LogP contribution in [0.15, 0.2) is 24.3 Å². The van der Waals surface area contributed by atoms with Crippen LogP contribution in [0.2, 0.25) is 0 Å². The van der Waals surface area contributed by atoms with Gasteiger partial charge in [-0.25, -0.2) is 0 Å². The van der Waals surface area contributed by atoms with E-state index in [4.69, 9.17) is 12.2 Å². The van der Waals surface area contributed by atoms with Crippen molar-refractivity contribution in [2.75, 3.05) is 10.6 Å². The number of hydrogen-bond donors (Lipinski definition) is 3. The molecule has 1 aromatic carbocycles. The van der Waals surface area contributed by atoms with Gasteiger partial charge in [0.05, 0.1) is 0 Å². The minimum atomic E-state index is -0.137. The first-order valence-electron chi connectivity index (χ1n) is 6.04. The molecule has 1 aliphatic rings. The van der Waals surface area contributed by atoms with Gasteiger partial charge < -0.3 is 16.0 Å². The number of carbonyl (C=O) groups is 2. The molecule has 100 valence electrons. The van der Waals surface area contributed by atoms with Gasteiger partial charge in [0, 0.05) is 24.2 Å². The lowest BCUT2D eigenvalue weighted by Crippen LogP contribution is -2.35. The molecule has 3 N–H and O–H groups in total. The molecule has 0 radical (unpaired) electrons. The third kappa shape index (κ3) is 4.33. The normalized spacial score (nSPS) is 13.5. The molecule has 19 heavy (non-hydrogen) atoms. The number of carbonyl (C=O) groups excluding carboxylic acids is 2. The van der Waals surface area contributed by atoms with Crippen LogP contribution in [0.5, 0.6) is 0 Å². The van der Waals surface area contributed by atoms with E-state index < -0.39 is 0 Å². The largest absolute Gasteiger partial charge is 0.332 e. The molecular formula is C13H15N3O2S. The number of benzene rings is 1. The zero-order valence-corrected chi connectivity index (χ0v) is 11.3. The van der Waals surface area contributed by atoms with Crippen LogP contribution >= 0.6 is 12.2 Å².